The Kier molecular flexibility index (Phi) is 7.82. The maximum atomic E-state index is 9.04. The number of aliphatic hydroxyl groups excluding tert-OH is 1. The molecule has 0 aromatic carbocycles. The molecule has 0 radical (unpaired) electrons. The van der Waals surface area contributed by atoms with Crippen molar-refractivity contribution < 1.29 is 9.84 Å². The SMILES string of the molecule is CCCC(C)CCCC1COCCN1CCO. The molecule has 1 heterocycles. The summed E-state index contributed by atoms with van der Waals surface area (Å²) in [6, 6.07) is 0.532. The van der Waals surface area contributed by atoms with Gasteiger partial charge < -0.3 is 9.84 Å². The van der Waals surface area contributed by atoms with Crippen molar-refractivity contribution in [2.24, 2.45) is 5.92 Å². The monoisotopic (exact) mass is 243 g/mol. The van der Waals surface area contributed by atoms with Gasteiger partial charge in [-0.3, -0.25) is 4.90 Å². The van der Waals surface area contributed by atoms with E-state index in [2.05, 4.69) is 18.7 Å². The van der Waals surface area contributed by atoms with Crippen molar-refractivity contribution in [3.05, 3.63) is 0 Å². The average molecular weight is 243 g/mol. The van der Waals surface area contributed by atoms with Crippen molar-refractivity contribution in [1.82, 2.24) is 4.90 Å². The fourth-order valence-corrected chi connectivity index (χ4v) is 2.72. The largest absolute Gasteiger partial charge is 0.395 e. The molecule has 0 saturated carbocycles. The summed E-state index contributed by atoms with van der Waals surface area (Å²) in [4.78, 5) is 2.38. The minimum atomic E-state index is 0.267. The first kappa shape index (κ1) is 14.9. The standard InChI is InChI=1S/C14H29NO2/c1-3-5-13(2)6-4-7-14-12-17-11-9-15(14)8-10-16/h13-14,16H,3-12H2,1-2H3. The second-order valence-electron chi connectivity index (χ2n) is 5.31. The van der Waals surface area contributed by atoms with Gasteiger partial charge in [-0.2, -0.15) is 0 Å². The molecule has 1 N–H and O–H groups in total. The summed E-state index contributed by atoms with van der Waals surface area (Å²) in [5.41, 5.74) is 0. The molecule has 2 unspecified atom stereocenters. The van der Waals surface area contributed by atoms with E-state index in [9.17, 15) is 0 Å². The van der Waals surface area contributed by atoms with Crippen LogP contribution in [0.25, 0.3) is 0 Å². The van der Waals surface area contributed by atoms with Crippen molar-refractivity contribution in [2.75, 3.05) is 32.9 Å². The van der Waals surface area contributed by atoms with Gasteiger partial charge in [0.25, 0.3) is 0 Å². The smallest absolute Gasteiger partial charge is 0.0622 e. The lowest BCUT2D eigenvalue weighted by Gasteiger charge is -2.35. The van der Waals surface area contributed by atoms with Crippen LogP contribution in [0.15, 0.2) is 0 Å². The van der Waals surface area contributed by atoms with Crippen LogP contribution >= 0.6 is 0 Å². The van der Waals surface area contributed by atoms with Crippen LogP contribution in [-0.2, 0) is 4.74 Å². The van der Waals surface area contributed by atoms with E-state index < -0.39 is 0 Å². The topological polar surface area (TPSA) is 32.7 Å². The minimum absolute atomic E-state index is 0.267. The number of nitrogens with zero attached hydrogens (tertiary/aromatic N) is 1. The van der Waals surface area contributed by atoms with E-state index in [0.29, 0.717) is 6.04 Å². The van der Waals surface area contributed by atoms with Crippen LogP contribution in [0.2, 0.25) is 0 Å². The van der Waals surface area contributed by atoms with E-state index in [4.69, 9.17) is 9.84 Å². The van der Waals surface area contributed by atoms with Gasteiger partial charge in [-0.1, -0.05) is 39.5 Å². The van der Waals surface area contributed by atoms with Gasteiger partial charge >= 0.3 is 0 Å². The van der Waals surface area contributed by atoms with Crippen LogP contribution in [0.4, 0.5) is 0 Å². The third kappa shape index (κ3) is 5.84. The minimum Gasteiger partial charge on any atom is -0.395 e. The van der Waals surface area contributed by atoms with E-state index in [1.165, 1.54) is 32.1 Å². The Labute approximate surface area is 106 Å². The fourth-order valence-electron chi connectivity index (χ4n) is 2.72. The molecule has 1 aliphatic rings. The van der Waals surface area contributed by atoms with Crippen molar-refractivity contribution >= 4 is 0 Å². The van der Waals surface area contributed by atoms with Crippen LogP contribution in [-0.4, -0.2) is 49.0 Å². The molecule has 3 heteroatoms. The Bertz CT molecular complexity index is 185. The summed E-state index contributed by atoms with van der Waals surface area (Å²) in [5, 5.41) is 9.04. The van der Waals surface area contributed by atoms with Crippen LogP contribution in [0.5, 0.6) is 0 Å². The molecular weight excluding hydrogens is 214 g/mol. The van der Waals surface area contributed by atoms with Gasteiger partial charge in [0.15, 0.2) is 0 Å². The second kappa shape index (κ2) is 8.90. The number of β-amino-alcohol motifs (C(OH)–C–C–N with tert-alkyl or cyclic N) is 1. The van der Waals surface area contributed by atoms with E-state index in [0.717, 1.165) is 32.2 Å². The van der Waals surface area contributed by atoms with Crippen molar-refractivity contribution in [3.8, 4) is 0 Å². The molecule has 2 atom stereocenters. The maximum absolute atomic E-state index is 9.04. The van der Waals surface area contributed by atoms with Gasteiger partial charge in [0.05, 0.1) is 19.8 Å². The highest BCUT2D eigenvalue weighted by molar-refractivity contribution is 4.75. The molecule has 17 heavy (non-hydrogen) atoms. The first-order valence-corrected chi connectivity index (χ1v) is 7.20. The zero-order valence-electron chi connectivity index (χ0n) is 11.5. The molecule has 1 fully saturated rings. The van der Waals surface area contributed by atoms with Crippen LogP contribution in [0.1, 0.15) is 46.0 Å². The molecule has 1 saturated heterocycles. The van der Waals surface area contributed by atoms with Crippen LogP contribution < -0.4 is 0 Å². The summed E-state index contributed by atoms with van der Waals surface area (Å²) < 4.78 is 5.54. The number of aliphatic hydroxyl groups is 1. The molecule has 0 aromatic rings. The third-order valence-corrected chi connectivity index (χ3v) is 3.75. The second-order valence-corrected chi connectivity index (χ2v) is 5.31. The highest BCUT2D eigenvalue weighted by Gasteiger charge is 2.21. The predicted octanol–water partition coefficient (Wildman–Crippen LogP) is 2.29. The number of morpholine rings is 1. The summed E-state index contributed by atoms with van der Waals surface area (Å²) in [6.07, 6.45) is 6.48. The van der Waals surface area contributed by atoms with Gasteiger partial charge in [0.1, 0.15) is 0 Å². The highest BCUT2D eigenvalue weighted by atomic mass is 16.5. The van der Waals surface area contributed by atoms with E-state index in [-0.39, 0.29) is 6.61 Å². The molecule has 0 aromatic heterocycles. The van der Waals surface area contributed by atoms with Crippen molar-refractivity contribution in [3.63, 3.8) is 0 Å². The van der Waals surface area contributed by atoms with Crippen LogP contribution in [0.3, 0.4) is 0 Å². The lowest BCUT2D eigenvalue weighted by molar-refractivity contribution is -0.0173. The van der Waals surface area contributed by atoms with Crippen molar-refractivity contribution in [1.29, 1.82) is 0 Å². The zero-order chi connectivity index (χ0) is 12.5. The molecule has 0 bridgehead atoms. The van der Waals surface area contributed by atoms with Gasteiger partial charge in [0.2, 0.25) is 0 Å². The van der Waals surface area contributed by atoms with E-state index in [1.807, 2.05) is 0 Å². The van der Waals surface area contributed by atoms with Crippen molar-refractivity contribution in [2.45, 2.75) is 52.0 Å². The first-order valence-electron chi connectivity index (χ1n) is 7.20. The van der Waals surface area contributed by atoms with E-state index in [1.54, 1.807) is 0 Å². The summed E-state index contributed by atoms with van der Waals surface area (Å²) >= 11 is 0. The molecule has 3 nitrogen and oxygen atoms in total. The Morgan fingerprint density at radius 3 is 2.94 bits per heavy atom. The molecule has 0 aliphatic carbocycles. The van der Waals surface area contributed by atoms with E-state index >= 15 is 0 Å². The third-order valence-electron chi connectivity index (χ3n) is 3.75. The zero-order valence-corrected chi connectivity index (χ0v) is 11.5. The van der Waals surface area contributed by atoms with Crippen LogP contribution in [0, 0.1) is 5.92 Å². The number of rotatable bonds is 8. The number of ether oxygens (including phenoxy) is 1. The van der Waals surface area contributed by atoms with Gasteiger partial charge in [-0.15, -0.1) is 0 Å². The lowest BCUT2D eigenvalue weighted by atomic mass is 9.97. The van der Waals surface area contributed by atoms with Gasteiger partial charge in [-0.25, -0.2) is 0 Å². The lowest BCUT2D eigenvalue weighted by Crippen LogP contribution is -2.46. The fraction of sp³-hybridized carbons (Fsp3) is 1.00. The maximum Gasteiger partial charge on any atom is 0.0622 e. The molecular formula is C14H29NO2. The highest BCUT2D eigenvalue weighted by Crippen LogP contribution is 2.18. The molecule has 102 valence electrons. The Balaban J connectivity index is 2.18. The molecule has 1 aliphatic heterocycles. The summed E-state index contributed by atoms with van der Waals surface area (Å²) in [5.74, 6) is 0.857. The molecule has 0 amide bonds. The predicted molar refractivity (Wildman–Crippen MR) is 71.2 cm³/mol. The average Bonchev–Trinajstić information content (AvgIpc) is 2.32. The molecule has 0 spiro atoms. The molecule has 1 rings (SSSR count). The first-order chi connectivity index (χ1) is 8.27. The normalized spacial score (nSPS) is 23.8. The van der Waals surface area contributed by atoms with Gasteiger partial charge in [0, 0.05) is 19.1 Å². The number of hydrogen-bond donors (Lipinski definition) is 1. The summed E-state index contributed by atoms with van der Waals surface area (Å²) in [6.45, 7) is 8.34. The Hall–Kier alpha value is -0.120. The summed E-state index contributed by atoms with van der Waals surface area (Å²) in [7, 11) is 0. The Morgan fingerprint density at radius 2 is 2.24 bits per heavy atom. The van der Waals surface area contributed by atoms with Gasteiger partial charge in [-0.05, 0) is 12.3 Å². The quantitative estimate of drug-likeness (QED) is 0.710. The number of hydrogen-bond acceptors (Lipinski definition) is 3. The Morgan fingerprint density at radius 1 is 1.41 bits per heavy atom.